The van der Waals surface area contributed by atoms with Crippen molar-refractivity contribution in [1.82, 2.24) is 4.98 Å². The first kappa shape index (κ1) is 23.7. The van der Waals surface area contributed by atoms with Gasteiger partial charge in [0.15, 0.2) is 0 Å². The van der Waals surface area contributed by atoms with Gasteiger partial charge in [0.2, 0.25) is 0 Å². The van der Waals surface area contributed by atoms with Gasteiger partial charge in [-0.25, -0.2) is 0 Å². The molecule has 5 rings (SSSR count). The number of para-hydroxylation sites is 1. The monoisotopic (exact) mass is 500 g/mol. The minimum Gasteiger partial charge on any atom is -0.507 e. The fraction of sp³-hybridized carbons (Fsp3) is 0.172. The summed E-state index contributed by atoms with van der Waals surface area (Å²) >= 11 is 6.41. The summed E-state index contributed by atoms with van der Waals surface area (Å²) in [6, 6.07) is 15.7. The number of anilines is 1. The molecule has 1 atom stereocenters. The number of methoxy groups -OCH3 is 1. The zero-order valence-corrected chi connectivity index (χ0v) is 21.1. The quantitative estimate of drug-likeness (QED) is 0.193. The first-order chi connectivity index (χ1) is 17.2. The number of amides is 1. The van der Waals surface area contributed by atoms with Gasteiger partial charge in [-0.1, -0.05) is 41.9 Å². The molecular weight excluding hydrogens is 476 g/mol. The number of rotatable bonds is 4. The molecule has 1 unspecified atom stereocenters. The van der Waals surface area contributed by atoms with Crippen LogP contribution in [0.1, 0.15) is 33.9 Å². The Bertz CT molecular complexity index is 1580. The number of Topliss-reactive ketones (excluding diaryl/α,β-unsaturated/α-hetero) is 1. The summed E-state index contributed by atoms with van der Waals surface area (Å²) < 4.78 is 5.58. The summed E-state index contributed by atoms with van der Waals surface area (Å²) in [5.74, 6) is -1.36. The van der Waals surface area contributed by atoms with Crippen molar-refractivity contribution in [2.75, 3.05) is 12.0 Å². The van der Waals surface area contributed by atoms with Crippen LogP contribution in [-0.2, 0) is 9.59 Å². The zero-order valence-electron chi connectivity index (χ0n) is 20.3. The highest BCUT2D eigenvalue weighted by Crippen LogP contribution is 2.46. The Labute approximate surface area is 213 Å². The van der Waals surface area contributed by atoms with Crippen molar-refractivity contribution < 1.29 is 19.4 Å². The molecule has 0 saturated carbocycles. The van der Waals surface area contributed by atoms with E-state index in [0.717, 1.165) is 27.6 Å². The normalized spacial score (nSPS) is 17.2. The molecule has 1 aromatic heterocycles. The number of aromatic amines is 1. The topological polar surface area (TPSA) is 82.6 Å². The SMILES string of the molecule is COc1c(C)cc(C)cc1/C(O)=C1\C(=O)C(=O)N(c2ccc(C)c(Cl)c2)C1c1c[nH]c2ccccc12. The average Bonchev–Trinajstić information content (AvgIpc) is 3.38. The van der Waals surface area contributed by atoms with Crippen molar-refractivity contribution in [2.45, 2.75) is 26.8 Å². The minimum atomic E-state index is -0.884. The van der Waals surface area contributed by atoms with Crippen LogP contribution in [0.5, 0.6) is 5.75 Å². The molecule has 6 nitrogen and oxygen atoms in total. The maximum atomic E-state index is 13.6. The van der Waals surface area contributed by atoms with Crippen LogP contribution in [0.15, 0.2) is 66.4 Å². The van der Waals surface area contributed by atoms with E-state index in [1.807, 2.05) is 51.1 Å². The van der Waals surface area contributed by atoms with Gasteiger partial charge < -0.3 is 14.8 Å². The van der Waals surface area contributed by atoms with Crippen molar-refractivity contribution in [1.29, 1.82) is 0 Å². The van der Waals surface area contributed by atoms with Crippen LogP contribution in [0, 0.1) is 20.8 Å². The number of fused-ring (bicyclic) bond motifs is 1. The van der Waals surface area contributed by atoms with Gasteiger partial charge in [-0.05, 0) is 61.7 Å². The van der Waals surface area contributed by atoms with Crippen LogP contribution < -0.4 is 9.64 Å². The highest BCUT2D eigenvalue weighted by Gasteiger charge is 2.48. The molecular formula is C29H25ClN2O4. The maximum Gasteiger partial charge on any atom is 0.300 e. The van der Waals surface area contributed by atoms with Gasteiger partial charge in [-0.2, -0.15) is 0 Å². The number of hydrogen-bond acceptors (Lipinski definition) is 4. The molecule has 0 radical (unpaired) electrons. The second kappa shape index (κ2) is 8.88. The van der Waals surface area contributed by atoms with E-state index in [4.69, 9.17) is 16.3 Å². The first-order valence-corrected chi connectivity index (χ1v) is 11.9. The number of nitrogens with one attached hydrogen (secondary N) is 1. The molecule has 2 N–H and O–H groups in total. The lowest BCUT2D eigenvalue weighted by atomic mass is 9.93. The lowest BCUT2D eigenvalue weighted by molar-refractivity contribution is -0.132. The molecule has 1 aliphatic rings. The smallest absolute Gasteiger partial charge is 0.300 e. The van der Waals surface area contributed by atoms with Gasteiger partial charge in [0.05, 0.1) is 24.3 Å². The van der Waals surface area contributed by atoms with Crippen LogP contribution >= 0.6 is 11.6 Å². The summed E-state index contributed by atoms with van der Waals surface area (Å²) in [7, 11) is 1.51. The minimum absolute atomic E-state index is 0.00949. The van der Waals surface area contributed by atoms with Crippen LogP contribution in [0.3, 0.4) is 0 Å². The summed E-state index contributed by atoms with van der Waals surface area (Å²) in [5, 5.41) is 13.0. The number of aliphatic hydroxyl groups excluding tert-OH is 1. The second-order valence-corrected chi connectivity index (χ2v) is 9.46. The third-order valence-electron chi connectivity index (χ3n) is 6.67. The number of benzene rings is 3. The third kappa shape index (κ3) is 3.65. The molecule has 182 valence electrons. The number of ether oxygens (including phenoxy) is 1. The molecule has 0 aliphatic carbocycles. The van der Waals surface area contributed by atoms with E-state index in [9.17, 15) is 14.7 Å². The number of ketones is 1. The summed E-state index contributed by atoms with van der Waals surface area (Å²) in [4.78, 5) is 31.7. The van der Waals surface area contributed by atoms with Gasteiger partial charge >= 0.3 is 0 Å². The maximum absolute atomic E-state index is 13.6. The summed E-state index contributed by atoms with van der Waals surface area (Å²) in [6.45, 7) is 5.63. The number of aliphatic hydroxyl groups is 1. The largest absolute Gasteiger partial charge is 0.507 e. The lowest BCUT2D eigenvalue weighted by Crippen LogP contribution is -2.29. The molecule has 3 aromatic carbocycles. The molecule has 0 bridgehead atoms. The lowest BCUT2D eigenvalue weighted by Gasteiger charge is -2.25. The van der Waals surface area contributed by atoms with E-state index in [0.29, 0.717) is 27.6 Å². The summed E-state index contributed by atoms with van der Waals surface area (Å²) in [5.41, 5.74) is 4.90. The van der Waals surface area contributed by atoms with Crippen molar-refractivity contribution in [3.63, 3.8) is 0 Å². The van der Waals surface area contributed by atoms with E-state index in [-0.39, 0.29) is 11.3 Å². The number of carbonyl (C=O) groups excluding carboxylic acids is 2. The molecule has 7 heteroatoms. The summed E-state index contributed by atoms with van der Waals surface area (Å²) in [6.07, 6.45) is 1.77. The van der Waals surface area contributed by atoms with Crippen LogP contribution in [0.2, 0.25) is 5.02 Å². The Balaban J connectivity index is 1.83. The van der Waals surface area contributed by atoms with Crippen molar-refractivity contribution >= 4 is 45.6 Å². The third-order valence-corrected chi connectivity index (χ3v) is 7.08. The molecule has 4 aromatic rings. The number of aryl methyl sites for hydroxylation is 3. The average molecular weight is 501 g/mol. The molecule has 2 heterocycles. The zero-order chi connectivity index (χ0) is 25.7. The molecule has 1 saturated heterocycles. The second-order valence-electron chi connectivity index (χ2n) is 9.05. The fourth-order valence-electron chi connectivity index (χ4n) is 4.99. The number of aromatic nitrogens is 1. The van der Waals surface area contributed by atoms with E-state index < -0.39 is 17.7 Å². The number of nitrogens with zero attached hydrogens (tertiary/aromatic N) is 1. The number of carbonyl (C=O) groups is 2. The van der Waals surface area contributed by atoms with Crippen LogP contribution in [-0.4, -0.2) is 28.9 Å². The fourth-order valence-corrected chi connectivity index (χ4v) is 5.17. The molecule has 36 heavy (non-hydrogen) atoms. The van der Waals surface area contributed by atoms with Crippen LogP contribution in [0.4, 0.5) is 5.69 Å². The van der Waals surface area contributed by atoms with Crippen molar-refractivity contribution in [3.05, 3.63) is 99.2 Å². The molecule has 0 spiro atoms. The van der Waals surface area contributed by atoms with Gasteiger partial charge in [0.1, 0.15) is 11.5 Å². The van der Waals surface area contributed by atoms with E-state index in [2.05, 4.69) is 4.98 Å². The molecule has 1 aliphatic heterocycles. The predicted molar refractivity (Wildman–Crippen MR) is 142 cm³/mol. The van der Waals surface area contributed by atoms with Gasteiger partial charge in [-0.15, -0.1) is 0 Å². The Morgan fingerprint density at radius 2 is 1.78 bits per heavy atom. The van der Waals surface area contributed by atoms with Crippen molar-refractivity contribution in [2.24, 2.45) is 0 Å². The number of halogens is 1. The Morgan fingerprint density at radius 3 is 2.50 bits per heavy atom. The molecule has 1 fully saturated rings. The Hall–Kier alpha value is -4.03. The van der Waals surface area contributed by atoms with Gasteiger partial charge in [0.25, 0.3) is 11.7 Å². The Morgan fingerprint density at radius 1 is 1.03 bits per heavy atom. The highest BCUT2D eigenvalue weighted by atomic mass is 35.5. The highest BCUT2D eigenvalue weighted by molar-refractivity contribution is 6.52. The standard InChI is InChI=1S/C29H25ClN2O4/c1-15-11-17(3)28(36-4)20(12-15)26(33)24-25(21-14-31-23-8-6-5-7-19(21)23)32(29(35)27(24)34)18-10-9-16(2)22(30)13-18/h5-14,25,31,33H,1-4H3/b26-24+. The van der Waals surface area contributed by atoms with E-state index in [1.165, 1.54) is 12.0 Å². The van der Waals surface area contributed by atoms with E-state index >= 15 is 0 Å². The van der Waals surface area contributed by atoms with Gasteiger partial charge in [0, 0.05) is 33.4 Å². The number of H-pyrrole nitrogens is 1. The van der Waals surface area contributed by atoms with Gasteiger partial charge in [-0.3, -0.25) is 14.5 Å². The molecule has 1 amide bonds. The van der Waals surface area contributed by atoms with Crippen molar-refractivity contribution in [3.8, 4) is 5.75 Å². The number of hydrogen-bond donors (Lipinski definition) is 2. The Kier molecular flexibility index (Phi) is 5.85. The predicted octanol–water partition coefficient (Wildman–Crippen LogP) is 6.38. The van der Waals surface area contributed by atoms with E-state index in [1.54, 1.807) is 30.5 Å². The van der Waals surface area contributed by atoms with Crippen LogP contribution in [0.25, 0.3) is 16.7 Å². The first-order valence-electron chi connectivity index (χ1n) is 11.5.